The molecular weight excluding hydrogens is 314 g/mol. The lowest BCUT2D eigenvalue weighted by atomic mass is 10.1. The Morgan fingerprint density at radius 2 is 2.08 bits per heavy atom. The van der Waals surface area contributed by atoms with Gasteiger partial charge in [-0.25, -0.2) is 0 Å². The van der Waals surface area contributed by atoms with Gasteiger partial charge in [0.2, 0.25) is 11.8 Å². The summed E-state index contributed by atoms with van der Waals surface area (Å²) in [7, 11) is 0. The number of rotatable bonds is 7. The number of nitrogens with zero attached hydrogens (tertiary/aromatic N) is 3. The van der Waals surface area contributed by atoms with Crippen molar-refractivity contribution in [3.05, 3.63) is 47.6 Å². The van der Waals surface area contributed by atoms with Crippen molar-refractivity contribution in [2.75, 3.05) is 6.54 Å². The molecule has 1 aromatic heterocycles. The average molecular weight is 341 g/mol. The lowest BCUT2D eigenvalue weighted by molar-refractivity contribution is -0.133. The fourth-order valence-corrected chi connectivity index (χ4v) is 3.39. The lowest BCUT2D eigenvalue weighted by Gasteiger charge is -2.22. The minimum Gasteiger partial charge on any atom is -0.337 e. The molecule has 3 rings (SSSR count). The highest BCUT2D eigenvalue weighted by Crippen LogP contribution is 2.32. The summed E-state index contributed by atoms with van der Waals surface area (Å²) < 4.78 is 5.48. The van der Waals surface area contributed by atoms with Gasteiger partial charge in [0.05, 0.1) is 0 Å². The third kappa shape index (κ3) is 4.68. The molecule has 0 aliphatic carbocycles. The average Bonchev–Trinajstić information content (AvgIpc) is 3.24. The summed E-state index contributed by atoms with van der Waals surface area (Å²) in [6, 6.07) is 10.4. The maximum Gasteiger partial charge on any atom is 0.249 e. The van der Waals surface area contributed by atoms with Gasteiger partial charge in [0, 0.05) is 19.4 Å². The standard InChI is InChI=1S/C20H27N3O2/c1-15(2)14-19(24)23-13-7-11-17(23)20-21-18(22-25-20)12-6-10-16-8-4-3-5-9-16/h3-5,8-9,15,17H,6-7,10-14H2,1-2H3/t17-/m0/s1. The topological polar surface area (TPSA) is 59.2 Å². The molecule has 1 fully saturated rings. The predicted molar refractivity (Wildman–Crippen MR) is 95.9 cm³/mol. The molecule has 1 amide bonds. The van der Waals surface area contributed by atoms with Gasteiger partial charge < -0.3 is 9.42 Å². The Hall–Kier alpha value is -2.17. The van der Waals surface area contributed by atoms with E-state index < -0.39 is 0 Å². The quantitative estimate of drug-likeness (QED) is 0.765. The molecule has 1 saturated heterocycles. The lowest BCUT2D eigenvalue weighted by Crippen LogP contribution is -2.31. The minimum absolute atomic E-state index is 0.0402. The number of hydrogen-bond donors (Lipinski definition) is 0. The molecule has 1 aliphatic heterocycles. The van der Waals surface area contributed by atoms with E-state index in [-0.39, 0.29) is 11.9 Å². The minimum atomic E-state index is -0.0402. The smallest absolute Gasteiger partial charge is 0.249 e. The fourth-order valence-electron chi connectivity index (χ4n) is 3.39. The number of aryl methyl sites for hydroxylation is 2. The van der Waals surface area contributed by atoms with E-state index in [9.17, 15) is 4.79 Å². The molecule has 1 aliphatic rings. The Morgan fingerprint density at radius 1 is 1.28 bits per heavy atom. The molecule has 0 saturated carbocycles. The van der Waals surface area contributed by atoms with Crippen LogP contribution in [0.4, 0.5) is 0 Å². The van der Waals surface area contributed by atoms with Crippen molar-refractivity contribution in [2.24, 2.45) is 5.92 Å². The van der Waals surface area contributed by atoms with Crippen LogP contribution in [0.25, 0.3) is 0 Å². The fraction of sp³-hybridized carbons (Fsp3) is 0.550. The number of benzene rings is 1. The Labute approximate surface area is 149 Å². The normalized spacial score (nSPS) is 17.4. The van der Waals surface area contributed by atoms with E-state index >= 15 is 0 Å². The number of carbonyl (C=O) groups excluding carboxylic acids is 1. The molecule has 0 bridgehead atoms. The van der Waals surface area contributed by atoms with E-state index in [1.54, 1.807) is 0 Å². The summed E-state index contributed by atoms with van der Waals surface area (Å²) in [5.41, 5.74) is 1.33. The largest absolute Gasteiger partial charge is 0.337 e. The van der Waals surface area contributed by atoms with Gasteiger partial charge in [-0.3, -0.25) is 4.79 Å². The van der Waals surface area contributed by atoms with Crippen molar-refractivity contribution in [2.45, 2.75) is 58.4 Å². The second kappa shape index (κ2) is 8.28. The van der Waals surface area contributed by atoms with Crippen LogP contribution in [-0.2, 0) is 17.6 Å². The molecule has 2 heterocycles. The number of aromatic nitrogens is 2. The number of carbonyl (C=O) groups is 1. The van der Waals surface area contributed by atoms with Crippen LogP contribution in [0, 0.1) is 5.92 Å². The summed E-state index contributed by atoms with van der Waals surface area (Å²) in [5, 5.41) is 4.12. The van der Waals surface area contributed by atoms with Crippen LogP contribution >= 0.6 is 0 Å². The van der Waals surface area contributed by atoms with Crippen LogP contribution in [0.3, 0.4) is 0 Å². The van der Waals surface area contributed by atoms with E-state index in [0.717, 1.165) is 44.5 Å². The maximum atomic E-state index is 12.4. The van der Waals surface area contributed by atoms with Gasteiger partial charge in [0.25, 0.3) is 0 Å². The van der Waals surface area contributed by atoms with Gasteiger partial charge in [-0.15, -0.1) is 0 Å². The number of likely N-dealkylation sites (tertiary alicyclic amines) is 1. The van der Waals surface area contributed by atoms with Crippen LogP contribution in [0.5, 0.6) is 0 Å². The van der Waals surface area contributed by atoms with Crippen molar-refractivity contribution in [1.82, 2.24) is 15.0 Å². The highest BCUT2D eigenvalue weighted by molar-refractivity contribution is 5.77. The molecule has 1 aromatic carbocycles. The van der Waals surface area contributed by atoms with E-state index in [1.165, 1.54) is 5.56 Å². The third-order valence-corrected chi connectivity index (χ3v) is 4.63. The SMILES string of the molecule is CC(C)CC(=O)N1CCC[C@H]1c1nc(CCCc2ccccc2)no1. The maximum absolute atomic E-state index is 12.4. The van der Waals surface area contributed by atoms with Gasteiger partial charge in [-0.1, -0.05) is 49.3 Å². The third-order valence-electron chi connectivity index (χ3n) is 4.63. The summed E-state index contributed by atoms with van der Waals surface area (Å²) in [6.45, 7) is 4.93. The van der Waals surface area contributed by atoms with Crippen LogP contribution in [0.1, 0.15) is 62.9 Å². The molecule has 134 valence electrons. The summed E-state index contributed by atoms with van der Waals surface area (Å²) >= 11 is 0. The van der Waals surface area contributed by atoms with Crippen molar-refractivity contribution in [3.63, 3.8) is 0 Å². The first kappa shape index (κ1) is 17.6. The summed E-state index contributed by atoms with van der Waals surface area (Å²) in [6.07, 6.45) is 5.28. The van der Waals surface area contributed by atoms with Gasteiger partial charge >= 0.3 is 0 Å². The number of amides is 1. The van der Waals surface area contributed by atoms with E-state index in [2.05, 4.69) is 48.3 Å². The van der Waals surface area contributed by atoms with Crippen LogP contribution in [0.15, 0.2) is 34.9 Å². The molecular formula is C20H27N3O2. The predicted octanol–water partition coefficient (Wildman–Crippen LogP) is 3.95. The second-order valence-electron chi connectivity index (χ2n) is 7.23. The first-order valence-electron chi connectivity index (χ1n) is 9.29. The molecule has 2 aromatic rings. The zero-order valence-corrected chi connectivity index (χ0v) is 15.1. The molecule has 0 unspecified atom stereocenters. The molecule has 0 spiro atoms. The van der Waals surface area contributed by atoms with Gasteiger partial charge in [0.1, 0.15) is 6.04 Å². The second-order valence-corrected chi connectivity index (χ2v) is 7.23. The highest BCUT2D eigenvalue weighted by Gasteiger charge is 2.33. The zero-order chi connectivity index (χ0) is 17.6. The Balaban J connectivity index is 1.56. The van der Waals surface area contributed by atoms with Crippen LogP contribution in [0.2, 0.25) is 0 Å². The summed E-state index contributed by atoms with van der Waals surface area (Å²) in [4.78, 5) is 18.9. The van der Waals surface area contributed by atoms with Crippen LogP contribution < -0.4 is 0 Å². The van der Waals surface area contributed by atoms with E-state index in [0.29, 0.717) is 18.2 Å². The van der Waals surface area contributed by atoms with Gasteiger partial charge in [0.15, 0.2) is 5.82 Å². The van der Waals surface area contributed by atoms with Crippen molar-refractivity contribution in [3.8, 4) is 0 Å². The van der Waals surface area contributed by atoms with E-state index in [4.69, 9.17) is 4.52 Å². The van der Waals surface area contributed by atoms with Crippen molar-refractivity contribution in [1.29, 1.82) is 0 Å². The van der Waals surface area contributed by atoms with Gasteiger partial charge in [-0.05, 0) is 37.2 Å². The molecule has 5 nitrogen and oxygen atoms in total. The highest BCUT2D eigenvalue weighted by atomic mass is 16.5. The molecule has 0 radical (unpaired) electrons. The van der Waals surface area contributed by atoms with Crippen molar-refractivity contribution < 1.29 is 9.32 Å². The first-order valence-corrected chi connectivity index (χ1v) is 9.29. The molecule has 25 heavy (non-hydrogen) atoms. The van der Waals surface area contributed by atoms with E-state index in [1.807, 2.05) is 11.0 Å². The van der Waals surface area contributed by atoms with Crippen LogP contribution in [-0.4, -0.2) is 27.5 Å². The number of hydrogen-bond acceptors (Lipinski definition) is 4. The molecule has 1 atom stereocenters. The zero-order valence-electron chi connectivity index (χ0n) is 15.1. The first-order chi connectivity index (χ1) is 12.1. The Bertz CT molecular complexity index is 681. The Kier molecular flexibility index (Phi) is 5.84. The van der Waals surface area contributed by atoms with Crippen molar-refractivity contribution >= 4 is 5.91 Å². The molecule has 5 heteroatoms. The summed E-state index contributed by atoms with van der Waals surface area (Å²) in [5.74, 6) is 1.91. The van der Waals surface area contributed by atoms with Gasteiger partial charge in [-0.2, -0.15) is 4.98 Å². The molecule has 0 N–H and O–H groups in total. The Morgan fingerprint density at radius 3 is 2.84 bits per heavy atom. The monoisotopic (exact) mass is 341 g/mol.